The molecule has 0 aliphatic rings. The van der Waals surface area contributed by atoms with Gasteiger partial charge in [-0.2, -0.15) is 13.2 Å². The van der Waals surface area contributed by atoms with Gasteiger partial charge in [0.25, 0.3) is 0 Å². The van der Waals surface area contributed by atoms with Crippen LogP contribution >= 0.6 is 0 Å². The third-order valence-electron chi connectivity index (χ3n) is 2.04. The number of carbonyl (C=O) groups is 1. The smallest absolute Gasteiger partial charge is 0.420 e. The SMILES string of the molecule is COC(=O)c1ccc(C(F)(F)F)c(O)c1[N+](=O)[O-]. The van der Waals surface area contributed by atoms with Gasteiger partial charge < -0.3 is 9.84 Å². The van der Waals surface area contributed by atoms with E-state index >= 15 is 0 Å². The molecule has 0 fully saturated rings. The van der Waals surface area contributed by atoms with E-state index in [4.69, 9.17) is 0 Å². The summed E-state index contributed by atoms with van der Waals surface area (Å²) in [5.74, 6) is -2.83. The molecule has 0 amide bonds. The average Bonchev–Trinajstić information content (AvgIpc) is 2.25. The largest absolute Gasteiger partial charge is 0.502 e. The minimum atomic E-state index is -4.97. The van der Waals surface area contributed by atoms with Crippen LogP contribution in [0.2, 0.25) is 0 Å². The van der Waals surface area contributed by atoms with Crippen LogP contribution in [0.4, 0.5) is 18.9 Å². The van der Waals surface area contributed by atoms with Gasteiger partial charge in [0.1, 0.15) is 11.1 Å². The number of hydrogen-bond acceptors (Lipinski definition) is 5. The lowest BCUT2D eigenvalue weighted by Gasteiger charge is -2.10. The van der Waals surface area contributed by atoms with Gasteiger partial charge in [-0.3, -0.25) is 10.1 Å². The second-order valence-electron chi connectivity index (χ2n) is 3.10. The Bertz CT molecular complexity index is 512. The number of aromatic hydroxyl groups is 1. The molecule has 0 aliphatic heterocycles. The summed E-state index contributed by atoms with van der Waals surface area (Å²) in [5, 5.41) is 19.9. The van der Waals surface area contributed by atoms with Crippen molar-refractivity contribution in [2.75, 3.05) is 7.11 Å². The maximum atomic E-state index is 12.4. The van der Waals surface area contributed by atoms with E-state index < -0.39 is 39.6 Å². The second kappa shape index (κ2) is 4.51. The Morgan fingerprint density at radius 2 is 2.00 bits per heavy atom. The summed E-state index contributed by atoms with van der Waals surface area (Å²) in [5.41, 5.74) is -3.69. The van der Waals surface area contributed by atoms with Crippen LogP contribution in [0.5, 0.6) is 5.75 Å². The topological polar surface area (TPSA) is 89.7 Å². The maximum Gasteiger partial charge on any atom is 0.420 e. The molecule has 0 radical (unpaired) electrons. The number of rotatable bonds is 2. The molecule has 0 aromatic heterocycles. The molecule has 6 nitrogen and oxygen atoms in total. The molecule has 0 saturated heterocycles. The van der Waals surface area contributed by atoms with Crippen LogP contribution in [-0.2, 0) is 10.9 Å². The number of alkyl halides is 3. The number of phenolic OH excluding ortho intramolecular Hbond substituents is 1. The number of ether oxygens (including phenoxy) is 1. The van der Waals surface area contributed by atoms with Gasteiger partial charge >= 0.3 is 17.8 Å². The Hall–Kier alpha value is -2.32. The molecule has 0 bridgehead atoms. The van der Waals surface area contributed by atoms with Gasteiger partial charge in [0.2, 0.25) is 5.75 Å². The monoisotopic (exact) mass is 265 g/mol. The van der Waals surface area contributed by atoms with Crippen molar-refractivity contribution in [3.63, 3.8) is 0 Å². The molecular weight excluding hydrogens is 259 g/mol. The molecule has 1 aromatic carbocycles. The molecule has 1 N–H and O–H groups in total. The van der Waals surface area contributed by atoms with Crippen molar-refractivity contribution in [2.45, 2.75) is 6.18 Å². The van der Waals surface area contributed by atoms with Crippen LogP contribution in [0.25, 0.3) is 0 Å². The summed E-state index contributed by atoms with van der Waals surface area (Å²) in [6.45, 7) is 0. The summed E-state index contributed by atoms with van der Waals surface area (Å²) < 4.78 is 41.4. The van der Waals surface area contributed by atoms with Crippen molar-refractivity contribution in [1.29, 1.82) is 0 Å². The first-order chi connectivity index (χ1) is 8.20. The summed E-state index contributed by atoms with van der Waals surface area (Å²) in [6.07, 6.45) is -4.97. The zero-order chi connectivity index (χ0) is 14.1. The van der Waals surface area contributed by atoms with Gasteiger partial charge in [-0.25, -0.2) is 4.79 Å². The van der Waals surface area contributed by atoms with Crippen LogP contribution in [0.1, 0.15) is 15.9 Å². The summed E-state index contributed by atoms with van der Waals surface area (Å²) in [7, 11) is 0.904. The minimum Gasteiger partial charge on any atom is -0.502 e. The predicted octanol–water partition coefficient (Wildman–Crippen LogP) is 2.11. The molecule has 0 aliphatic carbocycles. The van der Waals surface area contributed by atoms with Crippen molar-refractivity contribution >= 4 is 11.7 Å². The lowest BCUT2D eigenvalue weighted by Crippen LogP contribution is -2.11. The van der Waals surface area contributed by atoms with E-state index in [-0.39, 0.29) is 0 Å². The first-order valence-corrected chi connectivity index (χ1v) is 4.36. The van der Waals surface area contributed by atoms with Crippen molar-refractivity contribution in [3.05, 3.63) is 33.4 Å². The molecule has 0 heterocycles. The van der Waals surface area contributed by atoms with Crippen molar-refractivity contribution < 1.29 is 32.7 Å². The number of methoxy groups -OCH3 is 1. The number of carbonyl (C=O) groups excluding carboxylic acids is 1. The number of nitrogens with zero attached hydrogens (tertiary/aromatic N) is 1. The van der Waals surface area contributed by atoms with Crippen LogP contribution in [0.3, 0.4) is 0 Å². The first-order valence-electron chi connectivity index (χ1n) is 4.36. The van der Waals surface area contributed by atoms with E-state index in [1.54, 1.807) is 0 Å². The highest BCUT2D eigenvalue weighted by Crippen LogP contribution is 2.42. The van der Waals surface area contributed by atoms with Gasteiger partial charge in [-0.1, -0.05) is 0 Å². The number of benzene rings is 1. The maximum absolute atomic E-state index is 12.4. The van der Waals surface area contributed by atoms with Crippen LogP contribution in [0.15, 0.2) is 12.1 Å². The van der Waals surface area contributed by atoms with Gasteiger partial charge in [0.15, 0.2) is 0 Å². The molecule has 98 valence electrons. The van der Waals surface area contributed by atoms with E-state index in [1.165, 1.54) is 0 Å². The molecule has 0 saturated carbocycles. The molecule has 0 unspecified atom stereocenters. The Morgan fingerprint density at radius 3 is 2.39 bits per heavy atom. The molecule has 18 heavy (non-hydrogen) atoms. The summed E-state index contributed by atoms with van der Waals surface area (Å²) >= 11 is 0. The van der Waals surface area contributed by atoms with E-state index in [1.807, 2.05) is 0 Å². The average molecular weight is 265 g/mol. The van der Waals surface area contributed by atoms with Gasteiger partial charge in [-0.05, 0) is 12.1 Å². The lowest BCUT2D eigenvalue weighted by atomic mass is 10.1. The third-order valence-corrected chi connectivity index (χ3v) is 2.04. The highest BCUT2D eigenvalue weighted by atomic mass is 19.4. The Balaban J connectivity index is 3.58. The van der Waals surface area contributed by atoms with E-state index in [0.29, 0.717) is 12.1 Å². The Labute approximate surface area is 97.7 Å². The van der Waals surface area contributed by atoms with E-state index in [0.717, 1.165) is 7.11 Å². The van der Waals surface area contributed by atoms with E-state index in [2.05, 4.69) is 4.74 Å². The number of hydrogen-bond donors (Lipinski definition) is 1. The quantitative estimate of drug-likeness (QED) is 0.502. The highest BCUT2D eigenvalue weighted by molar-refractivity contribution is 5.95. The standard InChI is InChI=1S/C9H6F3NO5/c1-18-8(15)4-2-3-5(9(10,11)12)7(14)6(4)13(16)17/h2-3,14H,1H3. The molecule has 0 atom stereocenters. The van der Waals surface area contributed by atoms with Gasteiger partial charge in [0.05, 0.1) is 12.0 Å². The number of phenols is 1. The molecule has 0 spiro atoms. The lowest BCUT2D eigenvalue weighted by molar-refractivity contribution is -0.386. The van der Waals surface area contributed by atoms with E-state index in [9.17, 15) is 33.2 Å². The van der Waals surface area contributed by atoms with Crippen molar-refractivity contribution in [3.8, 4) is 5.75 Å². The number of nitro groups is 1. The van der Waals surface area contributed by atoms with Gasteiger partial charge in [-0.15, -0.1) is 0 Å². The normalized spacial score (nSPS) is 11.1. The molecule has 1 rings (SSSR count). The van der Waals surface area contributed by atoms with Crippen LogP contribution in [-0.4, -0.2) is 23.1 Å². The number of halogens is 3. The highest BCUT2D eigenvalue weighted by Gasteiger charge is 2.39. The zero-order valence-electron chi connectivity index (χ0n) is 8.82. The van der Waals surface area contributed by atoms with Crippen molar-refractivity contribution in [2.24, 2.45) is 0 Å². The third kappa shape index (κ3) is 2.34. The Kier molecular flexibility index (Phi) is 3.44. The summed E-state index contributed by atoms with van der Waals surface area (Å²) in [6, 6.07) is 0.946. The van der Waals surface area contributed by atoms with Crippen molar-refractivity contribution in [1.82, 2.24) is 0 Å². The number of nitro benzene ring substituents is 1. The predicted molar refractivity (Wildman–Crippen MR) is 51.1 cm³/mol. The van der Waals surface area contributed by atoms with Crippen LogP contribution < -0.4 is 0 Å². The fraction of sp³-hybridized carbons (Fsp3) is 0.222. The van der Waals surface area contributed by atoms with Gasteiger partial charge in [0, 0.05) is 0 Å². The summed E-state index contributed by atoms with van der Waals surface area (Å²) in [4.78, 5) is 20.5. The fourth-order valence-corrected chi connectivity index (χ4v) is 1.27. The number of esters is 1. The molecule has 1 aromatic rings. The second-order valence-corrected chi connectivity index (χ2v) is 3.10. The zero-order valence-corrected chi connectivity index (χ0v) is 8.82. The molecule has 9 heteroatoms. The first kappa shape index (κ1) is 13.7. The fourth-order valence-electron chi connectivity index (χ4n) is 1.27. The molecular formula is C9H6F3NO5. The Morgan fingerprint density at radius 1 is 1.44 bits per heavy atom. The van der Waals surface area contributed by atoms with Crippen LogP contribution in [0, 0.1) is 10.1 Å². The minimum absolute atomic E-state index is 0.370.